The summed E-state index contributed by atoms with van der Waals surface area (Å²) in [5.41, 5.74) is 0. The number of ether oxygens (including phenoxy) is 1. The maximum Gasteiger partial charge on any atom is 0.0638 e. The Hall–Kier alpha value is -0.160. The minimum Gasteiger partial charge on any atom is -0.377 e. The molecule has 0 saturated carbocycles. The lowest BCUT2D eigenvalue weighted by atomic mass is 10.0. The van der Waals surface area contributed by atoms with Crippen molar-refractivity contribution in [2.45, 2.75) is 45.4 Å². The van der Waals surface area contributed by atoms with E-state index < -0.39 is 0 Å². The van der Waals surface area contributed by atoms with Crippen LogP contribution in [-0.4, -0.2) is 73.9 Å². The molecule has 0 radical (unpaired) electrons. The standard InChI is InChI=1S/C14H29N3O/c1-4-5-15-13(11-18-12(2)3)14-10-16-6-8-17(14)9-7-16/h12-15H,4-11H2,1-3H3. The van der Waals surface area contributed by atoms with Crippen LogP contribution in [0.15, 0.2) is 0 Å². The second-order valence-corrected chi connectivity index (χ2v) is 5.85. The fourth-order valence-electron chi connectivity index (χ4n) is 2.97. The van der Waals surface area contributed by atoms with Gasteiger partial charge in [0.25, 0.3) is 0 Å². The molecule has 0 aliphatic carbocycles. The van der Waals surface area contributed by atoms with Gasteiger partial charge in [0.05, 0.1) is 12.7 Å². The van der Waals surface area contributed by atoms with Crippen LogP contribution in [0.4, 0.5) is 0 Å². The fourth-order valence-corrected chi connectivity index (χ4v) is 2.97. The van der Waals surface area contributed by atoms with E-state index in [2.05, 4.69) is 35.9 Å². The third kappa shape index (κ3) is 3.67. The first-order valence-corrected chi connectivity index (χ1v) is 7.52. The largest absolute Gasteiger partial charge is 0.377 e. The van der Waals surface area contributed by atoms with Crippen molar-refractivity contribution in [1.29, 1.82) is 0 Å². The molecule has 3 fully saturated rings. The highest BCUT2D eigenvalue weighted by Crippen LogP contribution is 2.18. The fraction of sp³-hybridized carbons (Fsp3) is 1.00. The van der Waals surface area contributed by atoms with E-state index in [9.17, 15) is 0 Å². The van der Waals surface area contributed by atoms with Crippen LogP contribution < -0.4 is 5.32 Å². The summed E-state index contributed by atoms with van der Waals surface area (Å²) in [6.45, 7) is 14.6. The molecular formula is C14H29N3O. The van der Waals surface area contributed by atoms with E-state index in [1.165, 1.54) is 39.1 Å². The monoisotopic (exact) mass is 255 g/mol. The smallest absolute Gasteiger partial charge is 0.0638 e. The first-order valence-electron chi connectivity index (χ1n) is 7.52. The van der Waals surface area contributed by atoms with E-state index >= 15 is 0 Å². The minimum absolute atomic E-state index is 0.326. The van der Waals surface area contributed by atoms with Crippen LogP contribution in [0.5, 0.6) is 0 Å². The van der Waals surface area contributed by atoms with Crippen molar-refractivity contribution in [3.8, 4) is 0 Å². The topological polar surface area (TPSA) is 27.7 Å². The van der Waals surface area contributed by atoms with E-state index in [0.717, 1.165) is 13.2 Å². The van der Waals surface area contributed by atoms with Crippen LogP contribution in [0.2, 0.25) is 0 Å². The summed E-state index contributed by atoms with van der Waals surface area (Å²) in [4.78, 5) is 5.25. The van der Waals surface area contributed by atoms with Crippen LogP contribution in [0.1, 0.15) is 27.2 Å². The van der Waals surface area contributed by atoms with Gasteiger partial charge in [-0.15, -0.1) is 0 Å². The van der Waals surface area contributed by atoms with Gasteiger partial charge in [0.15, 0.2) is 0 Å². The molecule has 18 heavy (non-hydrogen) atoms. The zero-order chi connectivity index (χ0) is 13.0. The number of hydrogen-bond acceptors (Lipinski definition) is 4. The molecule has 0 aromatic carbocycles. The molecule has 4 nitrogen and oxygen atoms in total. The van der Waals surface area contributed by atoms with Crippen LogP contribution >= 0.6 is 0 Å². The highest BCUT2D eigenvalue weighted by atomic mass is 16.5. The van der Waals surface area contributed by atoms with Gasteiger partial charge in [-0.1, -0.05) is 6.92 Å². The summed E-state index contributed by atoms with van der Waals surface area (Å²) < 4.78 is 5.85. The molecule has 3 heterocycles. The van der Waals surface area contributed by atoms with Gasteiger partial charge < -0.3 is 10.1 Å². The predicted molar refractivity (Wildman–Crippen MR) is 75.0 cm³/mol. The van der Waals surface area contributed by atoms with Crippen molar-refractivity contribution in [3.63, 3.8) is 0 Å². The Balaban J connectivity index is 1.90. The molecule has 3 aliphatic heterocycles. The maximum atomic E-state index is 5.85. The van der Waals surface area contributed by atoms with Gasteiger partial charge in [-0.05, 0) is 26.8 Å². The van der Waals surface area contributed by atoms with Crippen molar-refractivity contribution in [3.05, 3.63) is 0 Å². The molecule has 106 valence electrons. The first kappa shape index (κ1) is 14.3. The van der Waals surface area contributed by atoms with Crippen LogP contribution in [-0.2, 0) is 4.74 Å². The molecule has 3 rings (SSSR count). The highest BCUT2D eigenvalue weighted by Gasteiger charge is 2.36. The molecule has 2 unspecified atom stereocenters. The number of nitrogens with zero attached hydrogens (tertiary/aromatic N) is 2. The first-order chi connectivity index (χ1) is 8.70. The van der Waals surface area contributed by atoms with Gasteiger partial charge in [0.1, 0.15) is 0 Å². The molecule has 1 N–H and O–H groups in total. The zero-order valence-corrected chi connectivity index (χ0v) is 12.2. The number of nitrogens with one attached hydrogen (secondary N) is 1. The predicted octanol–water partition coefficient (Wildman–Crippen LogP) is 0.779. The second kappa shape index (κ2) is 6.85. The number of rotatable bonds is 7. The lowest BCUT2D eigenvalue weighted by Crippen LogP contribution is -2.67. The molecule has 0 aromatic rings. The number of piperazine rings is 3. The van der Waals surface area contributed by atoms with Crippen molar-refractivity contribution < 1.29 is 4.74 Å². The minimum atomic E-state index is 0.326. The Labute approximate surface area is 112 Å². The molecular weight excluding hydrogens is 226 g/mol. The normalized spacial score (nSPS) is 33.0. The molecule has 2 atom stereocenters. The number of fused-ring (bicyclic) bond motifs is 3. The summed E-state index contributed by atoms with van der Waals surface area (Å²) in [6.07, 6.45) is 1.52. The molecule has 0 spiro atoms. The quantitative estimate of drug-likeness (QED) is 0.727. The van der Waals surface area contributed by atoms with Gasteiger partial charge in [0.2, 0.25) is 0 Å². The highest BCUT2D eigenvalue weighted by molar-refractivity contribution is 4.94. The Morgan fingerprint density at radius 3 is 2.44 bits per heavy atom. The van der Waals surface area contributed by atoms with Crippen molar-refractivity contribution in [2.24, 2.45) is 0 Å². The van der Waals surface area contributed by atoms with Gasteiger partial charge in [-0.2, -0.15) is 0 Å². The van der Waals surface area contributed by atoms with Gasteiger partial charge in [0, 0.05) is 44.8 Å². The van der Waals surface area contributed by atoms with E-state index in [0.29, 0.717) is 18.2 Å². The lowest BCUT2D eigenvalue weighted by molar-refractivity contribution is -0.0293. The van der Waals surface area contributed by atoms with Gasteiger partial charge in [-0.3, -0.25) is 9.80 Å². The average Bonchev–Trinajstić information content (AvgIpc) is 2.40. The molecule has 0 aromatic heterocycles. The second-order valence-electron chi connectivity index (χ2n) is 5.85. The summed E-state index contributed by atoms with van der Waals surface area (Å²) in [5.74, 6) is 0. The van der Waals surface area contributed by atoms with E-state index in [4.69, 9.17) is 4.74 Å². The Kier molecular flexibility index (Phi) is 5.42. The molecule has 3 aliphatic rings. The average molecular weight is 255 g/mol. The molecule has 2 bridgehead atoms. The number of hydrogen-bond donors (Lipinski definition) is 1. The summed E-state index contributed by atoms with van der Waals surface area (Å²) in [7, 11) is 0. The summed E-state index contributed by atoms with van der Waals surface area (Å²) >= 11 is 0. The Morgan fingerprint density at radius 1 is 1.22 bits per heavy atom. The van der Waals surface area contributed by atoms with Crippen LogP contribution in [0.25, 0.3) is 0 Å². The van der Waals surface area contributed by atoms with Crippen molar-refractivity contribution in [2.75, 3.05) is 45.9 Å². The van der Waals surface area contributed by atoms with Crippen LogP contribution in [0.3, 0.4) is 0 Å². The molecule has 4 heteroatoms. The molecule has 3 saturated heterocycles. The zero-order valence-electron chi connectivity index (χ0n) is 12.2. The SMILES string of the molecule is CCCNC(COC(C)C)C1CN2CCN1CC2. The van der Waals surface area contributed by atoms with E-state index in [1.54, 1.807) is 0 Å². The van der Waals surface area contributed by atoms with Crippen molar-refractivity contribution >= 4 is 0 Å². The third-order valence-electron chi connectivity index (χ3n) is 4.05. The summed E-state index contributed by atoms with van der Waals surface area (Å²) in [5, 5.41) is 3.69. The van der Waals surface area contributed by atoms with Crippen LogP contribution in [0, 0.1) is 0 Å². The third-order valence-corrected chi connectivity index (χ3v) is 4.05. The summed E-state index contributed by atoms with van der Waals surface area (Å²) in [6, 6.07) is 1.12. The van der Waals surface area contributed by atoms with E-state index in [-0.39, 0.29) is 0 Å². The van der Waals surface area contributed by atoms with Gasteiger partial charge >= 0.3 is 0 Å². The molecule has 0 amide bonds. The maximum absolute atomic E-state index is 5.85. The van der Waals surface area contributed by atoms with Gasteiger partial charge in [-0.25, -0.2) is 0 Å². The Morgan fingerprint density at radius 2 is 1.94 bits per heavy atom. The van der Waals surface area contributed by atoms with E-state index in [1.807, 2.05) is 0 Å². The van der Waals surface area contributed by atoms with Crippen molar-refractivity contribution in [1.82, 2.24) is 15.1 Å². The Bertz CT molecular complexity index is 239. The lowest BCUT2D eigenvalue weighted by Gasteiger charge is -2.50.